The molecular formula is C31H26N2. The number of aryl methyl sites for hydroxylation is 1. The molecule has 0 atom stereocenters. The van der Waals surface area contributed by atoms with E-state index in [4.69, 9.17) is 0 Å². The Balaban J connectivity index is 1.75. The Kier molecular flexibility index (Phi) is 5.90. The maximum absolute atomic E-state index is 3.74. The highest BCUT2D eigenvalue weighted by Crippen LogP contribution is 2.44. The third-order valence-corrected chi connectivity index (χ3v) is 5.68. The van der Waals surface area contributed by atoms with Gasteiger partial charge in [-0.2, -0.15) is 0 Å². The molecule has 5 aromatic carbocycles. The third-order valence-electron chi connectivity index (χ3n) is 5.68. The Bertz CT molecular complexity index is 1290. The van der Waals surface area contributed by atoms with Crippen LogP contribution in [-0.4, -0.2) is 0 Å². The zero-order valence-corrected chi connectivity index (χ0v) is 18.6. The number of hydrogen-bond acceptors (Lipinski definition) is 2. The molecule has 5 rings (SSSR count). The molecule has 0 unspecified atom stereocenters. The number of rotatable bonds is 6. The summed E-state index contributed by atoms with van der Waals surface area (Å²) >= 11 is 0. The summed E-state index contributed by atoms with van der Waals surface area (Å²) in [6, 6.07) is 46.6. The fourth-order valence-electron chi connectivity index (χ4n) is 4.16. The Morgan fingerprint density at radius 1 is 0.545 bits per heavy atom. The Morgan fingerprint density at radius 3 is 1.73 bits per heavy atom. The Morgan fingerprint density at radius 2 is 1.12 bits per heavy atom. The summed E-state index contributed by atoms with van der Waals surface area (Å²) < 4.78 is 0. The van der Waals surface area contributed by atoms with Crippen LogP contribution in [0.2, 0.25) is 0 Å². The van der Waals surface area contributed by atoms with E-state index in [2.05, 4.69) is 145 Å². The van der Waals surface area contributed by atoms with E-state index in [9.17, 15) is 0 Å². The van der Waals surface area contributed by atoms with E-state index < -0.39 is 0 Å². The van der Waals surface area contributed by atoms with Crippen LogP contribution in [0.1, 0.15) is 5.56 Å². The van der Waals surface area contributed by atoms with Crippen LogP contribution in [0.3, 0.4) is 0 Å². The van der Waals surface area contributed by atoms with Crippen molar-refractivity contribution in [2.75, 3.05) is 10.2 Å². The molecule has 0 saturated heterocycles. The molecule has 0 saturated carbocycles. The van der Waals surface area contributed by atoms with Crippen LogP contribution in [0.4, 0.5) is 28.4 Å². The predicted molar refractivity (Wildman–Crippen MR) is 141 cm³/mol. The lowest BCUT2D eigenvalue weighted by Gasteiger charge is -2.29. The number of nitrogens with zero attached hydrogens (tertiary/aromatic N) is 1. The van der Waals surface area contributed by atoms with Gasteiger partial charge < -0.3 is 10.2 Å². The summed E-state index contributed by atoms with van der Waals surface area (Å²) in [6.45, 7) is 2.14. The number of benzene rings is 5. The van der Waals surface area contributed by atoms with Gasteiger partial charge in [0, 0.05) is 22.6 Å². The summed E-state index contributed by atoms with van der Waals surface area (Å²) in [7, 11) is 0. The molecule has 0 aliphatic rings. The van der Waals surface area contributed by atoms with Crippen molar-refractivity contribution in [2.24, 2.45) is 0 Å². The molecule has 33 heavy (non-hydrogen) atoms. The van der Waals surface area contributed by atoms with E-state index in [-0.39, 0.29) is 0 Å². The second kappa shape index (κ2) is 9.46. The van der Waals surface area contributed by atoms with Gasteiger partial charge in [0.25, 0.3) is 0 Å². The maximum atomic E-state index is 3.74. The number of para-hydroxylation sites is 4. The molecule has 1 N–H and O–H groups in total. The average Bonchev–Trinajstić information content (AvgIpc) is 2.87. The van der Waals surface area contributed by atoms with Gasteiger partial charge >= 0.3 is 0 Å². The molecule has 2 nitrogen and oxygen atoms in total. The highest BCUT2D eigenvalue weighted by molar-refractivity contribution is 5.95. The van der Waals surface area contributed by atoms with Crippen molar-refractivity contribution in [2.45, 2.75) is 6.92 Å². The van der Waals surface area contributed by atoms with Crippen molar-refractivity contribution in [1.29, 1.82) is 0 Å². The molecule has 160 valence electrons. The van der Waals surface area contributed by atoms with Gasteiger partial charge in [0.1, 0.15) is 0 Å². The fourth-order valence-corrected chi connectivity index (χ4v) is 4.16. The SMILES string of the molecule is Cc1cccc(-c2cccc(N(c3ccccc3)c3ccccc3)c2Nc2ccccc2)c1. The first kappa shape index (κ1) is 20.6. The minimum atomic E-state index is 1.06. The summed E-state index contributed by atoms with van der Waals surface area (Å²) in [6.07, 6.45) is 0. The van der Waals surface area contributed by atoms with Gasteiger partial charge in [0.2, 0.25) is 0 Å². The van der Waals surface area contributed by atoms with Gasteiger partial charge in [-0.3, -0.25) is 0 Å². The maximum Gasteiger partial charge on any atom is 0.0708 e. The van der Waals surface area contributed by atoms with E-state index in [0.717, 1.165) is 34.0 Å². The number of hydrogen-bond donors (Lipinski definition) is 1. The largest absolute Gasteiger partial charge is 0.353 e. The molecule has 0 heterocycles. The van der Waals surface area contributed by atoms with Crippen LogP contribution >= 0.6 is 0 Å². The van der Waals surface area contributed by atoms with Crippen LogP contribution in [0.15, 0.2) is 133 Å². The van der Waals surface area contributed by atoms with Crippen molar-refractivity contribution in [1.82, 2.24) is 0 Å². The van der Waals surface area contributed by atoms with Gasteiger partial charge in [0.15, 0.2) is 0 Å². The Hall–Kier alpha value is -4.30. The second-order valence-electron chi connectivity index (χ2n) is 8.07. The smallest absolute Gasteiger partial charge is 0.0708 e. The summed E-state index contributed by atoms with van der Waals surface area (Å²) in [5, 5.41) is 3.74. The molecule has 0 aliphatic carbocycles. The molecule has 5 aromatic rings. The zero-order valence-electron chi connectivity index (χ0n) is 18.6. The van der Waals surface area contributed by atoms with Crippen molar-refractivity contribution in [3.63, 3.8) is 0 Å². The molecule has 0 aliphatic heterocycles. The molecule has 2 heteroatoms. The van der Waals surface area contributed by atoms with E-state index in [1.165, 1.54) is 11.1 Å². The van der Waals surface area contributed by atoms with Crippen molar-refractivity contribution >= 4 is 28.4 Å². The average molecular weight is 427 g/mol. The normalized spacial score (nSPS) is 10.6. The van der Waals surface area contributed by atoms with Crippen LogP contribution in [0.25, 0.3) is 11.1 Å². The molecule has 0 aromatic heterocycles. The zero-order chi connectivity index (χ0) is 22.5. The van der Waals surface area contributed by atoms with E-state index in [1.807, 2.05) is 6.07 Å². The molecule has 0 fully saturated rings. The lowest BCUT2D eigenvalue weighted by Crippen LogP contribution is -2.12. The van der Waals surface area contributed by atoms with Crippen LogP contribution in [-0.2, 0) is 0 Å². The number of nitrogens with one attached hydrogen (secondary N) is 1. The monoisotopic (exact) mass is 426 g/mol. The minimum absolute atomic E-state index is 1.06. The van der Waals surface area contributed by atoms with E-state index in [0.29, 0.717) is 0 Å². The van der Waals surface area contributed by atoms with Gasteiger partial charge in [-0.25, -0.2) is 0 Å². The Labute approximate surface area is 195 Å². The number of anilines is 5. The predicted octanol–water partition coefficient (Wildman–Crippen LogP) is 8.88. The molecule has 0 radical (unpaired) electrons. The van der Waals surface area contributed by atoms with Crippen LogP contribution in [0.5, 0.6) is 0 Å². The first-order valence-corrected chi connectivity index (χ1v) is 11.2. The topological polar surface area (TPSA) is 15.3 Å². The summed E-state index contributed by atoms with van der Waals surface area (Å²) in [4.78, 5) is 2.31. The molecule has 0 spiro atoms. The van der Waals surface area contributed by atoms with Crippen molar-refractivity contribution in [3.8, 4) is 11.1 Å². The van der Waals surface area contributed by atoms with Crippen LogP contribution in [0, 0.1) is 6.92 Å². The second-order valence-corrected chi connectivity index (χ2v) is 8.07. The van der Waals surface area contributed by atoms with Gasteiger partial charge in [-0.05, 0) is 55.0 Å². The quantitative estimate of drug-likeness (QED) is 0.292. The first-order valence-electron chi connectivity index (χ1n) is 11.2. The lowest BCUT2D eigenvalue weighted by molar-refractivity contribution is 1.28. The summed E-state index contributed by atoms with van der Waals surface area (Å²) in [5.74, 6) is 0. The summed E-state index contributed by atoms with van der Waals surface area (Å²) in [5.41, 5.74) is 9.04. The lowest BCUT2D eigenvalue weighted by atomic mass is 9.99. The fraction of sp³-hybridized carbons (Fsp3) is 0.0323. The molecule has 0 amide bonds. The van der Waals surface area contributed by atoms with Gasteiger partial charge in [0.05, 0.1) is 11.4 Å². The minimum Gasteiger partial charge on any atom is -0.353 e. The highest BCUT2D eigenvalue weighted by atomic mass is 15.2. The molecule has 0 bridgehead atoms. The van der Waals surface area contributed by atoms with Crippen molar-refractivity contribution in [3.05, 3.63) is 139 Å². The van der Waals surface area contributed by atoms with Gasteiger partial charge in [-0.1, -0.05) is 96.6 Å². The van der Waals surface area contributed by atoms with E-state index >= 15 is 0 Å². The highest BCUT2D eigenvalue weighted by Gasteiger charge is 2.19. The first-order chi connectivity index (χ1) is 16.3. The van der Waals surface area contributed by atoms with Gasteiger partial charge in [-0.15, -0.1) is 0 Å². The van der Waals surface area contributed by atoms with E-state index in [1.54, 1.807) is 0 Å². The van der Waals surface area contributed by atoms with Crippen LogP contribution < -0.4 is 10.2 Å². The standard InChI is InChI=1S/C31H26N2/c1-24-13-11-14-25(23-24)29-21-12-22-30(31(29)32-26-15-5-2-6-16-26)33(27-17-7-3-8-18-27)28-19-9-4-10-20-28/h2-23,32H,1H3. The molecular weight excluding hydrogens is 400 g/mol. The third kappa shape index (κ3) is 4.51. The van der Waals surface area contributed by atoms with Crippen molar-refractivity contribution < 1.29 is 0 Å².